The molecule has 0 saturated carbocycles. The fraction of sp³-hybridized carbons (Fsp3) is 0.350. The number of hydrogen-bond acceptors (Lipinski definition) is 4. The second-order valence-electron chi connectivity index (χ2n) is 6.37. The average molecular weight is 375 g/mol. The van der Waals surface area contributed by atoms with Gasteiger partial charge in [-0.05, 0) is 60.9 Å². The Morgan fingerprint density at radius 3 is 2.35 bits per heavy atom. The van der Waals surface area contributed by atoms with E-state index in [1.54, 1.807) is 38.5 Å². The van der Waals surface area contributed by atoms with Crippen LogP contribution in [0.15, 0.2) is 36.4 Å². The molecular weight excluding hydrogens is 352 g/mol. The summed E-state index contributed by atoms with van der Waals surface area (Å²) < 4.78 is 10.8. The van der Waals surface area contributed by atoms with Crippen molar-refractivity contribution in [1.82, 2.24) is 4.90 Å². The zero-order chi connectivity index (χ0) is 18.7. The summed E-state index contributed by atoms with van der Waals surface area (Å²) in [7, 11) is 3.27. The molecule has 0 spiro atoms. The van der Waals surface area contributed by atoms with Gasteiger partial charge in [-0.3, -0.25) is 9.69 Å². The van der Waals surface area contributed by atoms with Gasteiger partial charge in [0.05, 0.1) is 20.3 Å². The number of hydrogen-bond donors (Lipinski definition) is 1. The highest BCUT2D eigenvalue weighted by Gasteiger charge is 2.26. The minimum atomic E-state index is -0.244. The van der Waals surface area contributed by atoms with Crippen molar-refractivity contribution in [3.05, 3.63) is 52.5 Å². The van der Waals surface area contributed by atoms with Gasteiger partial charge in [-0.15, -0.1) is 0 Å². The van der Waals surface area contributed by atoms with Crippen LogP contribution in [0.4, 0.5) is 5.69 Å². The number of rotatable bonds is 5. The molecule has 5 nitrogen and oxygen atoms in total. The second-order valence-corrected chi connectivity index (χ2v) is 6.80. The highest BCUT2D eigenvalue weighted by molar-refractivity contribution is 6.30. The zero-order valence-corrected chi connectivity index (χ0v) is 16.0. The summed E-state index contributed by atoms with van der Waals surface area (Å²) in [5, 5.41) is 3.59. The first-order valence-electron chi connectivity index (χ1n) is 8.56. The highest BCUT2D eigenvalue weighted by Crippen LogP contribution is 2.33. The molecule has 26 heavy (non-hydrogen) atoms. The number of amides is 1. The van der Waals surface area contributed by atoms with Crippen molar-refractivity contribution in [2.45, 2.75) is 25.9 Å². The molecule has 0 radical (unpaired) electrons. The van der Waals surface area contributed by atoms with Crippen LogP contribution in [0.3, 0.4) is 0 Å². The molecule has 0 fully saturated rings. The fourth-order valence-electron chi connectivity index (χ4n) is 3.18. The highest BCUT2D eigenvalue weighted by atomic mass is 35.5. The number of benzene rings is 2. The number of anilines is 1. The molecule has 0 aliphatic carbocycles. The van der Waals surface area contributed by atoms with Crippen molar-refractivity contribution < 1.29 is 14.3 Å². The third-order valence-electron chi connectivity index (χ3n) is 4.79. The SMILES string of the molecule is COc1cc2c(cc1OC)CN([C@H](C)C(=O)Nc1ccc(Cl)cc1)CC2. The Bertz CT molecular complexity index is 792. The first kappa shape index (κ1) is 18.5. The molecule has 6 heteroatoms. The van der Waals surface area contributed by atoms with E-state index < -0.39 is 0 Å². The molecule has 1 aliphatic heterocycles. The number of ether oxygens (including phenoxy) is 2. The summed E-state index contributed by atoms with van der Waals surface area (Å²) in [6.45, 7) is 3.44. The summed E-state index contributed by atoms with van der Waals surface area (Å²) >= 11 is 5.89. The first-order valence-corrected chi connectivity index (χ1v) is 8.94. The number of methoxy groups -OCH3 is 2. The van der Waals surface area contributed by atoms with E-state index in [4.69, 9.17) is 21.1 Å². The molecule has 1 atom stereocenters. The van der Waals surface area contributed by atoms with Gasteiger partial charge in [-0.2, -0.15) is 0 Å². The van der Waals surface area contributed by atoms with Gasteiger partial charge in [-0.25, -0.2) is 0 Å². The maximum absolute atomic E-state index is 12.6. The van der Waals surface area contributed by atoms with Crippen LogP contribution < -0.4 is 14.8 Å². The van der Waals surface area contributed by atoms with Crippen molar-refractivity contribution in [3.63, 3.8) is 0 Å². The zero-order valence-electron chi connectivity index (χ0n) is 15.2. The summed E-state index contributed by atoms with van der Waals surface area (Å²) in [5.41, 5.74) is 3.15. The normalized spacial score (nSPS) is 15.1. The van der Waals surface area contributed by atoms with E-state index in [0.29, 0.717) is 17.3 Å². The summed E-state index contributed by atoms with van der Waals surface area (Å²) in [5.74, 6) is 1.43. The Morgan fingerprint density at radius 1 is 1.12 bits per heavy atom. The second kappa shape index (κ2) is 7.98. The predicted octanol–water partition coefficient (Wildman–Crippen LogP) is 3.74. The van der Waals surface area contributed by atoms with E-state index in [1.165, 1.54) is 11.1 Å². The van der Waals surface area contributed by atoms with E-state index in [9.17, 15) is 4.79 Å². The molecule has 2 aromatic rings. The maximum Gasteiger partial charge on any atom is 0.241 e. The third kappa shape index (κ3) is 3.94. The lowest BCUT2D eigenvalue weighted by molar-refractivity contribution is -0.121. The minimum Gasteiger partial charge on any atom is -0.493 e. The lowest BCUT2D eigenvalue weighted by Gasteiger charge is -2.33. The summed E-state index contributed by atoms with van der Waals surface area (Å²) in [6, 6.07) is 10.9. The van der Waals surface area contributed by atoms with Crippen LogP contribution in [0.1, 0.15) is 18.1 Å². The smallest absolute Gasteiger partial charge is 0.241 e. The van der Waals surface area contributed by atoms with Gasteiger partial charge in [0.1, 0.15) is 0 Å². The molecule has 3 rings (SSSR count). The number of nitrogens with one attached hydrogen (secondary N) is 1. The van der Waals surface area contributed by atoms with Crippen LogP contribution in [0.2, 0.25) is 5.02 Å². The third-order valence-corrected chi connectivity index (χ3v) is 5.04. The van der Waals surface area contributed by atoms with Gasteiger partial charge in [0.15, 0.2) is 11.5 Å². The van der Waals surface area contributed by atoms with E-state index in [2.05, 4.69) is 10.2 Å². The molecule has 1 amide bonds. The largest absolute Gasteiger partial charge is 0.493 e. The molecule has 0 bridgehead atoms. The fourth-order valence-corrected chi connectivity index (χ4v) is 3.31. The molecule has 1 heterocycles. The van der Waals surface area contributed by atoms with Crippen LogP contribution >= 0.6 is 11.6 Å². The molecule has 2 aromatic carbocycles. The van der Waals surface area contributed by atoms with E-state index >= 15 is 0 Å². The van der Waals surface area contributed by atoms with Crippen LogP contribution in [0, 0.1) is 0 Å². The lowest BCUT2D eigenvalue weighted by Crippen LogP contribution is -2.44. The van der Waals surface area contributed by atoms with Crippen molar-refractivity contribution in [2.75, 3.05) is 26.1 Å². The Kier molecular flexibility index (Phi) is 5.69. The molecule has 1 aliphatic rings. The van der Waals surface area contributed by atoms with Gasteiger partial charge in [0, 0.05) is 23.8 Å². The topological polar surface area (TPSA) is 50.8 Å². The Labute approximate surface area is 158 Å². The molecule has 0 aromatic heterocycles. The summed E-state index contributed by atoms with van der Waals surface area (Å²) in [4.78, 5) is 14.8. The molecule has 0 unspecified atom stereocenters. The number of fused-ring (bicyclic) bond motifs is 1. The van der Waals surface area contributed by atoms with E-state index in [-0.39, 0.29) is 11.9 Å². The Balaban J connectivity index is 1.71. The van der Waals surface area contributed by atoms with Gasteiger partial charge >= 0.3 is 0 Å². The molecule has 1 N–H and O–H groups in total. The minimum absolute atomic E-state index is 0.0313. The van der Waals surface area contributed by atoms with E-state index in [1.807, 2.05) is 19.1 Å². The van der Waals surface area contributed by atoms with Gasteiger partial charge in [0.25, 0.3) is 0 Å². The Hall–Kier alpha value is -2.24. The van der Waals surface area contributed by atoms with Crippen molar-refractivity contribution >= 4 is 23.2 Å². The van der Waals surface area contributed by atoms with Crippen molar-refractivity contribution in [2.24, 2.45) is 0 Å². The van der Waals surface area contributed by atoms with E-state index in [0.717, 1.165) is 24.4 Å². The van der Waals surface area contributed by atoms with Crippen LogP contribution in [-0.4, -0.2) is 37.6 Å². The van der Waals surface area contributed by atoms with Crippen molar-refractivity contribution in [1.29, 1.82) is 0 Å². The predicted molar refractivity (Wildman–Crippen MR) is 103 cm³/mol. The van der Waals surface area contributed by atoms with Gasteiger partial charge < -0.3 is 14.8 Å². The molecule has 0 saturated heterocycles. The van der Waals surface area contributed by atoms with Crippen LogP contribution in [0.5, 0.6) is 11.5 Å². The monoisotopic (exact) mass is 374 g/mol. The molecular formula is C20H23ClN2O3. The number of nitrogens with zero attached hydrogens (tertiary/aromatic N) is 1. The molecule has 138 valence electrons. The number of halogens is 1. The van der Waals surface area contributed by atoms with Gasteiger partial charge in [0.2, 0.25) is 5.91 Å². The lowest BCUT2D eigenvalue weighted by atomic mass is 9.97. The number of carbonyl (C=O) groups is 1. The standard InChI is InChI=1S/C20H23ClN2O3/c1-13(20(24)22-17-6-4-16(21)5-7-17)23-9-8-14-10-18(25-2)19(26-3)11-15(14)12-23/h4-7,10-11,13H,8-9,12H2,1-3H3,(H,22,24)/t13-/m1/s1. The van der Waals surface area contributed by atoms with Crippen LogP contribution in [0.25, 0.3) is 0 Å². The quantitative estimate of drug-likeness (QED) is 0.866. The van der Waals surface area contributed by atoms with Crippen molar-refractivity contribution in [3.8, 4) is 11.5 Å². The van der Waals surface area contributed by atoms with Crippen LogP contribution in [-0.2, 0) is 17.8 Å². The Morgan fingerprint density at radius 2 is 1.73 bits per heavy atom. The number of carbonyl (C=O) groups excluding carboxylic acids is 1. The maximum atomic E-state index is 12.6. The first-order chi connectivity index (χ1) is 12.5. The average Bonchev–Trinajstić information content (AvgIpc) is 2.67. The summed E-state index contributed by atoms with van der Waals surface area (Å²) in [6.07, 6.45) is 0.869. The van der Waals surface area contributed by atoms with Gasteiger partial charge in [-0.1, -0.05) is 11.6 Å².